The van der Waals surface area contributed by atoms with E-state index >= 15 is 0 Å². The summed E-state index contributed by atoms with van der Waals surface area (Å²) in [6, 6.07) is -0.474. The number of halogens is 2. The van der Waals surface area contributed by atoms with E-state index in [1.54, 1.807) is 0 Å². The van der Waals surface area contributed by atoms with Crippen LogP contribution in [0.3, 0.4) is 0 Å². The average Bonchev–Trinajstić information content (AvgIpc) is 2.63. The number of carboxylic acids is 1. The lowest BCUT2D eigenvalue weighted by atomic mass is 10.1. The molecule has 1 atom stereocenters. The molecular formula is C10H16F2N2O3. The smallest absolute Gasteiger partial charge is 0.317 e. The zero-order valence-electron chi connectivity index (χ0n) is 9.58. The first kappa shape index (κ1) is 13.7. The first-order chi connectivity index (χ1) is 7.79. The van der Waals surface area contributed by atoms with Crippen LogP contribution in [0.5, 0.6) is 0 Å². The number of alkyl halides is 2. The van der Waals surface area contributed by atoms with Crippen LogP contribution in [-0.2, 0) is 4.79 Å². The summed E-state index contributed by atoms with van der Waals surface area (Å²) in [6.45, 7) is 1.17. The van der Waals surface area contributed by atoms with Crippen LogP contribution in [0.15, 0.2) is 0 Å². The molecule has 0 bridgehead atoms. The van der Waals surface area contributed by atoms with Gasteiger partial charge in [0.05, 0.1) is 5.92 Å². The maximum atomic E-state index is 12.5. The lowest BCUT2D eigenvalue weighted by Crippen LogP contribution is -2.40. The van der Waals surface area contributed by atoms with Crippen molar-refractivity contribution in [2.24, 2.45) is 5.92 Å². The van der Waals surface area contributed by atoms with Crippen molar-refractivity contribution in [3.8, 4) is 0 Å². The average molecular weight is 250 g/mol. The highest BCUT2D eigenvalue weighted by Gasteiger charge is 2.31. The Balaban J connectivity index is 2.28. The number of carbonyl (C=O) groups is 2. The summed E-state index contributed by atoms with van der Waals surface area (Å²) in [5, 5.41) is 11.1. The fourth-order valence-electron chi connectivity index (χ4n) is 1.65. The maximum absolute atomic E-state index is 12.5. The van der Waals surface area contributed by atoms with E-state index in [4.69, 9.17) is 5.11 Å². The number of hydrogen-bond donors (Lipinski definition) is 2. The van der Waals surface area contributed by atoms with Gasteiger partial charge in [-0.15, -0.1) is 0 Å². The molecule has 0 spiro atoms. The molecule has 0 radical (unpaired) electrons. The third-order valence-corrected chi connectivity index (χ3v) is 2.66. The number of aliphatic carboxylic acids is 1. The van der Waals surface area contributed by atoms with Crippen LogP contribution in [0.1, 0.15) is 19.8 Å². The fourth-order valence-corrected chi connectivity index (χ4v) is 1.65. The molecule has 1 saturated heterocycles. The lowest BCUT2D eigenvalue weighted by Gasteiger charge is -2.17. The zero-order valence-corrected chi connectivity index (χ0v) is 9.58. The van der Waals surface area contributed by atoms with Gasteiger partial charge in [0.2, 0.25) is 5.92 Å². The van der Waals surface area contributed by atoms with Crippen molar-refractivity contribution in [2.45, 2.75) is 25.7 Å². The molecule has 0 aromatic carbocycles. The van der Waals surface area contributed by atoms with E-state index < -0.39 is 30.3 Å². The number of nitrogens with zero attached hydrogens (tertiary/aromatic N) is 1. The van der Waals surface area contributed by atoms with Gasteiger partial charge < -0.3 is 15.3 Å². The van der Waals surface area contributed by atoms with Crippen LogP contribution in [0.4, 0.5) is 13.6 Å². The van der Waals surface area contributed by atoms with Crippen molar-refractivity contribution in [1.82, 2.24) is 10.2 Å². The Morgan fingerprint density at radius 1 is 1.53 bits per heavy atom. The van der Waals surface area contributed by atoms with Crippen molar-refractivity contribution < 1.29 is 23.5 Å². The first-order valence-corrected chi connectivity index (χ1v) is 5.43. The second-order valence-corrected chi connectivity index (χ2v) is 4.32. The standard InChI is InChI=1S/C10H16F2N2O3/c1-10(11,12)3-4-13-9(17)14-5-2-7(6-14)8(15)16/h7H,2-6H2,1H3,(H,13,17)(H,15,16). The SMILES string of the molecule is CC(F)(F)CCNC(=O)N1CCC(C(=O)O)C1. The summed E-state index contributed by atoms with van der Waals surface area (Å²) in [5.74, 6) is -4.28. The fraction of sp³-hybridized carbons (Fsp3) is 0.800. The summed E-state index contributed by atoms with van der Waals surface area (Å²) in [7, 11) is 0. The van der Waals surface area contributed by atoms with Gasteiger partial charge in [-0.25, -0.2) is 13.6 Å². The number of likely N-dealkylation sites (tertiary alicyclic amines) is 1. The molecule has 0 saturated carbocycles. The third kappa shape index (κ3) is 4.54. The van der Waals surface area contributed by atoms with Crippen molar-refractivity contribution in [3.05, 3.63) is 0 Å². The highest BCUT2D eigenvalue weighted by molar-refractivity contribution is 5.77. The maximum Gasteiger partial charge on any atom is 0.317 e. The number of carbonyl (C=O) groups excluding carboxylic acids is 1. The van der Waals surface area contributed by atoms with Crippen LogP contribution >= 0.6 is 0 Å². The van der Waals surface area contributed by atoms with E-state index in [0.717, 1.165) is 6.92 Å². The van der Waals surface area contributed by atoms with Gasteiger partial charge in [-0.2, -0.15) is 0 Å². The Morgan fingerprint density at radius 2 is 2.18 bits per heavy atom. The minimum Gasteiger partial charge on any atom is -0.481 e. The van der Waals surface area contributed by atoms with Crippen LogP contribution in [0.2, 0.25) is 0 Å². The lowest BCUT2D eigenvalue weighted by molar-refractivity contribution is -0.141. The molecule has 0 aromatic heterocycles. The summed E-state index contributed by atoms with van der Waals surface area (Å²) < 4.78 is 25.0. The largest absolute Gasteiger partial charge is 0.481 e. The van der Waals surface area contributed by atoms with E-state index in [0.29, 0.717) is 13.0 Å². The molecule has 1 aliphatic heterocycles. The molecule has 1 fully saturated rings. The van der Waals surface area contributed by atoms with Gasteiger partial charge >= 0.3 is 12.0 Å². The molecule has 2 N–H and O–H groups in total. The number of urea groups is 1. The van der Waals surface area contributed by atoms with E-state index in [-0.39, 0.29) is 13.1 Å². The number of carboxylic acid groups (broad SMARTS) is 1. The van der Waals surface area contributed by atoms with E-state index in [1.165, 1.54) is 4.90 Å². The van der Waals surface area contributed by atoms with Crippen molar-refractivity contribution in [1.29, 1.82) is 0 Å². The normalized spacial score (nSPS) is 20.4. The summed E-state index contributed by atoms with van der Waals surface area (Å²) >= 11 is 0. The second-order valence-electron chi connectivity index (χ2n) is 4.32. The van der Waals surface area contributed by atoms with E-state index in [2.05, 4.69) is 5.32 Å². The highest BCUT2D eigenvalue weighted by atomic mass is 19.3. The van der Waals surface area contributed by atoms with E-state index in [9.17, 15) is 18.4 Å². The summed E-state index contributed by atoms with van der Waals surface area (Å²) in [5.41, 5.74) is 0. The van der Waals surface area contributed by atoms with Gasteiger partial charge in [0.1, 0.15) is 0 Å². The molecule has 7 heteroatoms. The zero-order chi connectivity index (χ0) is 13.1. The Morgan fingerprint density at radius 3 is 2.65 bits per heavy atom. The number of hydrogen-bond acceptors (Lipinski definition) is 2. The van der Waals surface area contributed by atoms with Crippen LogP contribution in [-0.4, -0.2) is 47.6 Å². The Bertz CT molecular complexity index is 304. The molecule has 1 rings (SSSR count). The van der Waals surface area contributed by atoms with Gasteiger partial charge in [-0.1, -0.05) is 0 Å². The van der Waals surface area contributed by atoms with Crippen LogP contribution < -0.4 is 5.32 Å². The first-order valence-electron chi connectivity index (χ1n) is 5.43. The van der Waals surface area contributed by atoms with Crippen molar-refractivity contribution in [3.63, 3.8) is 0 Å². The molecule has 1 unspecified atom stereocenters. The Hall–Kier alpha value is -1.40. The predicted molar refractivity (Wildman–Crippen MR) is 56.0 cm³/mol. The summed E-state index contributed by atoms with van der Waals surface area (Å²) in [6.07, 6.45) is -0.0123. The Kier molecular flexibility index (Phi) is 4.25. The van der Waals surface area contributed by atoms with Gasteiger partial charge in [0.15, 0.2) is 0 Å². The monoisotopic (exact) mass is 250 g/mol. The molecule has 0 aliphatic carbocycles. The number of rotatable bonds is 4. The molecule has 1 heterocycles. The van der Waals surface area contributed by atoms with Crippen LogP contribution in [0.25, 0.3) is 0 Å². The number of nitrogens with one attached hydrogen (secondary N) is 1. The molecule has 1 aliphatic rings. The van der Waals surface area contributed by atoms with Gasteiger partial charge in [-0.3, -0.25) is 4.79 Å². The van der Waals surface area contributed by atoms with Crippen molar-refractivity contribution in [2.75, 3.05) is 19.6 Å². The minimum atomic E-state index is -2.80. The molecule has 17 heavy (non-hydrogen) atoms. The topological polar surface area (TPSA) is 69.6 Å². The Labute approximate surface area is 97.8 Å². The molecule has 5 nitrogen and oxygen atoms in total. The molecule has 98 valence electrons. The van der Waals surface area contributed by atoms with Gasteiger partial charge in [0.25, 0.3) is 0 Å². The molecule has 2 amide bonds. The second kappa shape index (κ2) is 5.29. The van der Waals surface area contributed by atoms with Gasteiger partial charge in [-0.05, 0) is 13.3 Å². The van der Waals surface area contributed by atoms with Crippen LogP contribution in [0, 0.1) is 5.92 Å². The van der Waals surface area contributed by atoms with Gasteiger partial charge in [0, 0.05) is 26.1 Å². The summed E-state index contributed by atoms with van der Waals surface area (Å²) in [4.78, 5) is 23.5. The molecule has 0 aromatic rings. The quantitative estimate of drug-likeness (QED) is 0.786. The predicted octanol–water partition coefficient (Wildman–Crippen LogP) is 1.15. The van der Waals surface area contributed by atoms with Crippen molar-refractivity contribution >= 4 is 12.0 Å². The number of amides is 2. The third-order valence-electron chi connectivity index (χ3n) is 2.66. The highest BCUT2D eigenvalue weighted by Crippen LogP contribution is 2.17. The van der Waals surface area contributed by atoms with E-state index in [1.807, 2.05) is 0 Å². The molecular weight excluding hydrogens is 234 g/mol. The minimum absolute atomic E-state index is 0.115.